The third-order valence-corrected chi connectivity index (χ3v) is 5.75. The molecule has 0 spiro atoms. The van der Waals surface area contributed by atoms with Crippen molar-refractivity contribution in [1.29, 1.82) is 0 Å². The fraction of sp³-hybridized carbons (Fsp3) is 0.160. The van der Waals surface area contributed by atoms with Gasteiger partial charge in [-0.1, -0.05) is 19.9 Å². The highest BCUT2D eigenvalue weighted by atomic mass is 32.1. The van der Waals surface area contributed by atoms with Gasteiger partial charge in [-0.25, -0.2) is 4.98 Å². The first-order chi connectivity index (χ1) is 16.3. The van der Waals surface area contributed by atoms with Gasteiger partial charge in [-0.05, 0) is 78.7 Å². The molecular formula is C25H22N4O4S. The summed E-state index contributed by atoms with van der Waals surface area (Å²) < 4.78 is 5.91. The lowest BCUT2D eigenvalue weighted by atomic mass is 9.98. The molecule has 0 radical (unpaired) electrons. The lowest BCUT2D eigenvalue weighted by molar-refractivity contribution is -0.384. The van der Waals surface area contributed by atoms with Crippen molar-refractivity contribution in [3.63, 3.8) is 0 Å². The minimum Gasteiger partial charge on any atom is -0.436 e. The van der Waals surface area contributed by atoms with Crippen molar-refractivity contribution in [2.75, 3.05) is 5.32 Å². The van der Waals surface area contributed by atoms with Crippen LogP contribution < -0.4 is 10.6 Å². The number of carbonyl (C=O) groups is 1. The molecule has 4 aromatic rings. The summed E-state index contributed by atoms with van der Waals surface area (Å²) in [4.78, 5) is 27.1. The summed E-state index contributed by atoms with van der Waals surface area (Å²) in [6.07, 6.45) is 1.06. The number of fused-ring (bicyclic) bond motifs is 1. The van der Waals surface area contributed by atoms with Gasteiger partial charge in [0.2, 0.25) is 5.89 Å². The molecule has 8 nitrogen and oxygen atoms in total. The van der Waals surface area contributed by atoms with E-state index in [0.717, 1.165) is 23.1 Å². The molecule has 1 aromatic heterocycles. The van der Waals surface area contributed by atoms with Gasteiger partial charge in [0.1, 0.15) is 5.52 Å². The summed E-state index contributed by atoms with van der Waals surface area (Å²) >= 11 is 5.21. The van der Waals surface area contributed by atoms with E-state index in [1.165, 1.54) is 29.8 Å². The number of benzene rings is 3. The second-order valence-corrected chi connectivity index (χ2v) is 8.25. The van der Waals surface area contributed by atoms with E-state index < -0.39 is 10.8 Å². The van der Waals surface area contributed by atoms with Gasteiger partial charge in [0.25, 0.3) is 11.6 Å². The summed E-state index contributed by atoms with van der Waals surface area (Å²) in [7, 11) is 0. The number of nitro groups is 1. The first-order valence-corrected chi connectivity index (χ1v) is 11.1. The number of nitro benzene ring substituents is 1. The quantitative estimate of drug-likeness (QED) is 0.199. The SMILES string of the molecule is CC[C@@H](C)c1ccc2oc(-c3ccc(NC(=S)NC(=O)c4ccc([N+](=O)[O-])cc4)cc3)nc2c1. The van der Waals surface area contributed by atoms with Crippen LogP contribution in [0.3, 0.4) is 0 Å². The molecule has 1 amide bonds. The molecular weight excluding hydrogens is 452 g/mol. The molecule has 3 aromatic carbocycles. The summed E-state index contributed by atoms with van der Waals surface area (Å²) in [5.41, 5.74) is 4.45. The lowest BCUT2D eigenvalue weighted by Gasteiger charge is -2.10. The van der Waals surface area contributed by atoms with Gasteiger partial charge in [-0.2, -0.15) is 0 Å². The Balaban J connectivity index is 1.40. The van der Waals surface area contributed by atoms with Crippen LogP contribution >= 0.6 is 12.2 Å². The Labute approximate surface area is 201 Å². The number of thiocarbonyl (C=S) groups is 1. The summed E-state index contributed by atoms with van der Waals surface area (Å²) in [6.45, 7) is 4.35. The normalized spacial score (nSPS) is 11.7. The van der Waals surface area contributed by atoms with Crippen molar-refractivity contribution >= 4 is 45.7 Å². The highest BCUT2D eigenvalue weighted by Gasteiger charge is 2.13. The number of nitrogens with zero attached hydrogens (tertiary/aromatic N) is 2. The monoisotopic (exact) mass is 474 g/mol. The molecule has 172 valence electrons. The van der Waals surface area contributed by atoms with E-state index in [1.807, 2.05) is 18.2 Å². The number of hydrogen-bond donors (Lipinski definition) is 2. The molecule has 0 saturated carbocycles. The number of hydrogen-bond acceptors (Lipinski definition) is 6. The largest absolute Gasteiger partial charge is 0.436 e. The van der Waals surface area contributed by atoms with Crippen molar-refractivity contribution < 1.29 is 14.1 Å². The Morgan fingerprint density at radius 3 is 2.47 bits per heavy atom. The number of amides is 1. The predicted octanol–water partition coefficient (Wildman–Crippen LogP) is 6.04. The molecule has 34 heavy (non-hydrogen) atoms. The van der Waals surface area contributed by atoms with Crippen molar-refractivity contribution in [2.45, 2.75) is 26.2 Å². The zero-order chi connectivity index (χ0) is 24.2. The molecule has 1 atom stereocenters. The van der Waals surface area contributed by atoms with E-state index in [9.17, 15) is 14.9 Å². The molecule has 0 aliphatic carbocycles. The number of oxazole rings is 1. The average molecular weight is 475 g/mol. The van der Waals surface area contributed by atoms with E-state index in [-0.39, 0.29) is 16.4 Å². The van der Waals surface area contributed by atoms with Crippen LogP contribution in [-0.2, 0) is 0 Å². The van der Waals surface area contributed by atoms with Crippen LogP contribution in [0.4, 0.5) is 11.4 Å². The van der Waals surface area contributed by atoms with E-state index in [0.29, 0.717) is 17.5 Å². The second kappa shape index (κ2) is 9.80. The fourth-order valence-electron chi connectivity index (χ4n) is 3.38. The summed E-state index contributed by atoms with van der Waals surface area (Å²) in [6, 6.07) is 18.7. The molecule has 1 heterocycles. The summed E-state index contributed by atoms with van der Waals surface area (Å²) in [5.74, 6) is 0.517. The maximum Gasteiger partial charge on any atom is 0.269 e. The van der Waals surface area contributed by atoms with Crippen molar-refractivity contribution in [1.82, 2.24) is 10.3 Å². The number of carbonyl (C=O) groups excluding carboxylic acids is 1. The van der Waals surface area contributed by atoms with Crippen LogP contribution in [0.5, 0.6) is 0 Å². The first-order valence-electron chi connectivity index (χ1n) is 10.7. The van der Waals surface area contributed by atoms with Crippen LogP contribution in [-0.4, -0.2) is 20.9 Å². The topological polar surface area (TPSA) is 110 Å². The van der Waals surface area contributed by atoms with Gasteiger partial charge < -0.3 is 9.73 Å². The molecule has 0 fully saturated rings. The Kier molecular flexibility index (Phi) is 6.65. The maximum atomic E-state index is 12.3. The van der Waals surface area contributed by atoms with Crippen LogP contribution in [0.1, 0.15) is 42.1 Å². The van der Waals surface area contributed by atoms with Crippen LogP contribution in [0.25, 0.3) is 22.6 Å². The number of rotatable bonds is 6. The smallest absolute Gasteiger partial charge is 0.269 e. The van der Waals surface area contributed by atoms with E-state index >= 15 is 0 Å². The van der Waals surface area contributed by atoms with Gasteiger partial charge in [0.05, 0.1) is 4.92 Å². The Morgan fingerprint density at radius 2 is 1.82 bits per heavy atom. The van der Waals surface area contributed by atoms with Gasteiger partial charge in [-0.15, -0.1) is 0 Å². The molecule has 0 saturated heterocycles. The van der Waals surface area contributed by atoms with Crippen LogP contribution in [0.2, 0.25) is 0 Å². The Bertz CT molecular complexity index is 1360. The van der Waals surface area contributed by atoms with Gasteiger partial charge in [-0.3, -0.25) is 20.2 Å². The second-order valence-electron chi connectivity index (χ2n) is 7.85. The molecule has 0 aliphatic rings. The molecule has 9 heteroatoms. The minimum absolute atomic E-state index is 0.0905. The van der Waals surface area contributed by atoms with Gasteiger partial charge in [0.15, 0.2) is 10.7 Å². The van der Waals surface area contributed by atoms with E-state index in [2.05, 4.69) is 41.6 Å². The highest BCUT2D eigenvalue weighted by Crippen LogP contribution is 2.28. The van der Waals surface area contributed by atoms with Crippen molar-refractivity contribution in [3.8, 4) is 11.5 Å². The number of non-ortho nitro benzene ring substituents is 1. The molecule has 0 unspecified atom stereocenters. The van der Waals surface area contributed by atoms with Crippen LogP contribution in [0.15, 0.2) is 71.1 Å². The molecule has 0 aliphatic heterocycles. The predicted molar refractivity (Wildman–Crippen MR) is 135 cm³/mol. The molecule has 4 rings (SSSR count). The highest BCUT2D eigenvalue weighted by molar-refractivity contribution is 7.80. The molecule has 0 bridgehead atoms. The standard InChI is InChI=1S/C25H22N4O4S/c1-3-15(2)18-8-13-22-21(14-18)27-24(33-22)17-4-9-19(10-5-17)26-25(34)28-23(30)16-6-11-20(12-7-16)29(31)32/h4-15H,3H2,1-2H3,(H2,26,28,30,34)/t15-/m1/s1. The van der Waals surface area contributed by atoms with Crippen molar-refractivity contribution in [2.24, 2.45) is 0 Å². The van der Waals surface area contributed by atoms with Gasteiger partial charge >= 0.3 is 0 Å². The maximum absolute atomic E-state index is 12.3. The zero-order valence-electron chi connectivity index (χ0n) is 18.6. The van der Waals surface area contributed by atoms with Gasteiger partial charge in [0, 0.05) is 28.9 Å². The van der Waals surface area contributed by atoms with Crippen molar-refractivity contribution in [3.05, 3.63) is 88.0 Å². The minimum atomic E-state index is -0.525. The number of anilines is 1. The Morgan fingerprint density at radius 1 is 1.12 bits per heavy atom. The van der Waals surface area contributed by atoms with Crippen LogP contribution in [0, 0.1) is 10.1 Å². The third kappa shape index (κ3) is 5.10. The number of nitrogens with one attached hydrogen (secondary N) is 2. The fourth-order valence-corrected chi connectivity index (χ4v) is 3.59. The zero-order valence-corrected chi connectivity index (χ0v) is 19.4. The van der Waals surface area contributed by atoms with E-state index in [1.54, 1.807) is 12.1 Å². The average Bonchev–Trinajstić information content (AvgIpc) is 3.27. The Hall–Kier alpha value is -4.11. The first kappa shape index (κ1) is 23.1. The van der Waals surface area contributed by atoms with E-state index in [4.69, 9.17) is 16.6 Å². The lowest BCUT2D eigenvalue weighted by Crippen LogP contribution is -2.34. The third-order valence-electron chi connectivity index (χ3n) is 5.55. The summed E-state index contributed by atoms with van der Waals surface area (Å²) in [5, 5.41) is 16.3. The molecule has 2 N–H and O–H groups in total. The number of aromatic nitrogens is 1.